The van der Waals surface area contributed by atoms with E-state index in [2.05, 4.69) is 10.2 Å². The van der Waals surface area contributed by atoms with Crippen LogP contribution in [0, 0.1) is 11.3 Å². The van der Waals surface area contributed by atoms with Crippen molar-refractivity contribution in [2.24, 2.45) is 18.4 Å². The Morgan fingerprint density at radius 3 is 2.20 bits per heavy atom. The summed E-state index contributed by atoms with van der Waals surface area (Å²) in [7, 11) is 1.70. The molecule has 1 aliphatic heterocycles. The van der Waals surface area contributed by atoms with Crippen molar-refractivity contribution in [2.45, 2.75) is 58.6 Å². The molecular weight excluding hydrogens is 548 g/mol. The molecule has 1 amide bonds. The number of nitrogens with one attached hydrogen (secondary N) is 1. The molecule has 1 aliphatic rings. The summed E-state index contributed by atoms with van der Waals surface area (Å²) < 4.78 is 81.3. The second kappa shape index (κ2) is 11.5. The van der Waals surface area contributed by atoms with Crippen LogP contribution in [-0.2, 0) is 37.3 Å². The lowest BCUT2D eigenvalue weighted by Gasteiger charge is -2.29. The quantitative estimate of drug-likeness (QED) is 0.308. The molecular formula is C30H33F6N3O2. The third kappa shape index (κ3) is 7.12. The van der Waals surface area contributed by atoms with Gasteiger partial charge in [-0.25, -0.2) is 0 Å². The zero-order valence-electron chi connectivity index (χ0n) is 23.1. The van der Waals surface area contributed by atoms with E-state index in [9.17, 15) is 35.9 Å². The number of hydrogen-bond donors (Lipinski definition) is 1. The topological polar surface area (TPSA) is 54.3 Å². The maximum absolute atomic E-state index is 13.6. The number of amides is 1. The van der Waals surface area contributed by atoms with Gasteiger partial charge >= 0.3 is 12.4 Å². The fourth-order valence-electron chi connectivity index (χ4n) is 5.42. The number of alkyl halides is 6. The molecule has 0 saturated carbocycles. The van der Waals surface area contributed by atoms with Crippen LogP contribution in [-0.4, -0.2) is 28.5 Å². The number of likely N-dealkylation sites (tertiary alicyclic amines) is 1. The fourth-order valence-corrected chi connectivity index (χ4v) is 5.42. The van der Waals surface area contributed by atoms with Crippen molar-refractivity contribution in [3.8, 4) is 0 Å². The number of halogens is 6. The summed E-state index contributed by atoms with van der Waals surface area (Å²) >= 11 is 0. The van der Waals surface area contributed by atoms with Crippen molar-refractivity contribution in [1.29, 1.82) is 0 Å². The van der Waals surface area contributed by atoms with E-state index >= 15 is 0 Å². The Bertz CT molecular complexity index is 1450. The minimum absolute atomic E-state index is 0.0783. The Hall–Kier alpha value is -3.34. The molecule has 4 rings (SSSR count). The summed E-state index contributed by atoms with van der Waals surface area (Å²) in [5.41, 5.74) is -2.29. The molecule has 0 radical (unpaired) electrons. The Morgan fingerprint density at radius 1 is 0.951 bits per heavy atom. The average Bonchev–Trinajstić information content (AvgIpc) is 3.31. The van der Waals surface area contributed by atoms with Gasteiger partial charge in [0.25, 0.3) is 5.56 Å². The van der Waals surface area contributed by atoms with Crippen LogP contribution in [0.5, 0.6) is 0 Å². The molecule has 1 aromatic heterocycles. The molecule has 1 unspecified atom stereocenters. The number of pyridine rings is 1. The highest BCUT2D eigenvalue weighted by Gasteiger charge is 2.44. The SMILES string of the molecule is CC(C)CCC1(C(=O)NCc2cc(C(F)(F)F)cc(C(F)(F)F)c2)CCN(Cc2ccc3ccc(=O)n(C)c3c2)C1. The van der Waals surface area contributed by atoms with Crippen LogP contribution in [0.15, 0.2) is 53.3 Å². The van der Waals surface area contributed by atoms with Gasteiger partial charge in [0.1, 0.15) is 0 Å². The van der Waals surface area contributed by atoms with Crippen molar-refractivity contribution >= 4 is 16.8 Å². The highest BCUT2D eigenvalue weighted by Crippen LogP contribution is 2.39. The molecule has 0 aliphatic carbocycles. The van der Waals surface area contributed by atoms with Crippen LogP contribution < -0.4 is 10.9 Å². The summed E-state index contributed by atoms with van der Waals surface area (Å²) in [6.07, 6.45) is -8.14. The first-order valence-electron chi connectivity index (χ1n) is 13.5. The van der Waals surface area contributed by atoms with Crippen molar-refractivity contribution in [3.05, 3.63) is 81.1 Å². The lowest BCUT2D eigenvalue weighted by molar-refractivity contribution is -0.143. The molecule has 11 heteroatoms. The van der Waals surface area contributed by atoms with Gasteiger partial charge in [-0.05, 0) is 78.6 Å². The molecule has 0 bridgehead atoms. The zero-order chi connectivity index (χ0) is 30.2. The number of aryl methyl sites for hydroxylation is 1. The molecule has 1 atom stereocenters. The standard InChI is InChI=1S/C30H33F6N3O2/c1-19(2)8-9-28(27(41)37-16-21-12-23(29(31,32)33)15-24(13-21)30(34,35)36)10-11-39(18-28)17-20-4-5-22-6-7-26(40)38(3)25(22)14-20/h4-7,12-15,19H,8-11,16-18H2,1-3H3,(H,37,41). The number of carbonyl (C=O) groups is 1. The van der Waals surface area contributed by atoms with Crippen LogP contribution in [0.2, 0.25) is 0 Å². The first-order chi connectivity index (χ1) is 19.1. The van der Waals surface area contributed by atoms with Gasteiger partial charge in [-0.1, -0.05) is 26.0 Å². The van der Waals surface area contributed by atoms with E-state index in [1.807, 2.05) is 32.0 Å². The minimum atomic E-state index is -4.96. The second-order valence-electron chi connectivity index (χ2n) is 11.4. The molecule has 2 heterocycles. The predicted octanol–water partition coefficient (Wildman–Crippen LogP) is 6.52. The van der Waals surface area contributed by atoms with Gasteiger partial charge in [-0.15, -0.1) is 0 Å². The first kappa shape index (κ1) is 30.6. The van der Waals surface area contributed by atoms with E-state index in [-0.39, 0.29) is 23.1 Å². The van der Waals surface area contributed by atoms with Gasteiger partial charge in [0.2, 0.25) is 5.91 Å². The first-order valence-corrected chi connectivity index (χ1v) is 13.5. The highest BCUT2D eigenvalue weighted by molar-refractivity contribution is 5.83. The van der Waals surface area contributed by atoms with E-state index in [4.69, 9.17) is 0 Å². The van der Waals surface area contributed by atoms with Gasteiger partial charge in [0, 0.05) is 32.7 Å². The van der Waals surface area contributed by atoms with Crippen LogP contribution in [0.3, 0.4) is 0 Å². The highest BCUT2D eigenvalue weighted by atomic mass is 19.4. The molecule has 1 saturated heterocycles. The smallest absolute Gasteiger partial charge is 0.352 e. The van der Waals surface area contributed by atoms with Crippen LogP contribution in [0.1, 0.15) is 55.4 Å². The summed E-state index contributed by atoms with van der Waals surface area (Å²) in [6.45, 7) is 5.12. The van der Waals surface area contributed by atoms with E-state index in [0.717, 1.165) is 22.9 Å². The number of fused-ring (bicyclic) bond motifs is 1. The lowest BCUT2D eigenvalue weighted by atomic mass is 9.79. The molecule has 1 fully saturated rings. The molecule has 3 aromatic rings. The van der Waals surface area contributed by atoms with E-state index in [0.29, 0.717) is 50.5 Å². The number of aromatic nitrogens is 1. The van der Waals surface area contributed by atoms with Crippen molar-refractivity contribution in [3.63, 3.8) is 0 Å². The largest absolute Gasteiger partial charge is 0.416 e. The zero-order valence-corrected chi connectivity index (χ0v) is 23.1. The Labute approximate surface area is 234 Å². The van der Waals surface area contributed by atoms with Gasteiger partial charge in [0.15, 0.2) is 0 Å². The maximum atomic E-state index is 13.6. The van der Waals surface area contributed by atoms with Crippen LogP contribution in [0.4, 0.5) is 26.3 Å². The minimum Gasteiger partial charge on any atom is -0.352 e. The van der Waals surface area contributed by atoms with Gasteiger partial charge in [0.05, 0.1) is 22.1 Å². The second-order valence-corrected chi connectivity index (χ2v) is 11.4. The molecule has 2 aromatic carbocycles. The number of nitrogens with zero attached hydrogens (tertiary/aromatic N) is 2. The summed E-state index contributed by atoms with van der Waals surface area (Å²) in [5.74, 6) is -0.0826. The van der Waals surface area contributed by atoms with Crippen molar-refractivity contribution < 1.29 is 31.1 Å². The van der Waals surface area contributed by atoms with Crippen LogP contribution in [0.25, 0.3) is 10.9 Å². The fraction of sp³-hybridized carbons (Fsp3) is 0.467. The molecule has 0 spiro atoms. The van der Waals surface area contributed by atoms with Crippen molar-refractivity contribution in [2.75, 3.05) is 13.1 Å². The van der Waals surface area contributed by atoms with Crippen LogP contribution >= 0.6 is 0 Å². The Kier molecular flexibility index (Phi) is 8.59. The number of hydrogen-bond acceptors (Lipinski definition) is 3. The lowest BCUT2D eigenvalue weighted by Crippen LogP contribution is -2.43. The van der Waals surface area contributed by atoms with Crippen molar-refractivity contribution in [1.82, 2.24) is 14.8 Å². The van der Waals surface area contributed by atoms with E-state index in [1.54, 1.807) is 17.7 Å². The molecule has 5 nitrogen and oxygen atoms in total. The monoisotopic (exact) mass is 581 g/mol. The molecule has 1 N–H and O–H groups in total. The predicted molar refractivity (Wildman–Crippen MR) is 144 cm³/mol. The van der Waals surface area contributed by atoms with E-state index < -0.39 is 35.4 Å². The van der Waals surface area contributed by atoms with Gasteiger partial charge in [-0.2, -0.15) is 26.3 Å². The summed E-state index contributed by atoms with van der Waals surface area (Å²) in [6, 6.07) is 10.5. The maximum Gasteiger partial charge on any atom is 0.416 e. The normalized spacial score (nSPS) is 18.4. The number of rotatable bonds is 8. The average molecular weight is 582 g/mol. The molecule has 41 heavy (non-hydrogen) atoms. The Balaban J connectivity index is 1.53. The summed E-state index contributed by atoms with van der Waals surface area (Å²) in [5, 5.41) is 3.57. The molecule has 222 valence electrons. The van der Waals surface area contributed by atoms with Gasteiger partial charge < -0.3 is 9.88 Å². The third-order valence-corrected chi connectivity index (χ3v) is 7.81. The summed E-state index contributed by atoms with van der Waals surface area (Å²) in [4.78, 5) is 27.7. The number of carbonyl (C=O) groups excluding carboxylic acids is 1. The van der Waals surface area contributed by atoms with E-state index in [1.165, 1.54) is 6.07 Å². The third-order valence-electron chi connectivity index (χ3n) is 7.81. The van der Waals surface area contributed by atoms with Gasteiger partial charge in [-0.3, -0.25) is 14.5 Å². The Morgan fingerprint density at radius 2 is 1.59 bits per heavy atom. The number of benzene rings is 2.